The number of nitrogens with zero attached hydrogens (tertiary/aromatic N) is 2. The standard InChI is InChI=1S/C16H28N3O8P/c1-5-16(4,27-28(24,25)9(3)20)6-10-11(21)12(22)14(26-10)19-7-8(2)13(17)18-15(19)23/h7,9-12,14,20-22H,5-6H2,1-4H3,(H,24,25)(H2,17,18,23)/t9?,10-,11-,12-,14-,16?/m1/s1. The first-order valence-electron chi connectivity index (χ1n) is 8.89. The zero-order valence-corrected chi connectivity index (χ0v) is 17.1. The number of nitrogens with two attached hydrogens (primary N) is 1. The Bertz CT molecular complexity index is 816. The summed E-state index contributed by atoms with van der Waals surface area (Å²) in [7, 11) is -4.31. The molecule has 1 fully saturated rings. The molecule has 11 nitrogen and oxygen atoms in total. The second-order valence-corrected chi connectivity index (χ2v) is 9.40. The lowest BCUT2D eigenvalue weighted by molar-refractivity contribution is -0.0692. The highest BCUT2D eigenvalue weighted by Gasteiger charge is 2.48. The van der Waals surface area contributed by atoms with E-state index < -0.39 is 49.3 Å². The molecule has 0 bridgehead atoms. The molecule has 0 saturated carbocycles. The van der Waals surface area contributed by atoms with Crippen molar-refractivity contribution in [1.82, 2.24) is 9.55 Å². The van der Waals surface area contributed by atoms with Gasteiger partial charge in [-0.25, -0.2) is 4.79 Å². The zero-order chi connectivity index (χ0) is 21.4. The molecule has 0 aliphatic carbocycles. The van der Waals surface area contributed by atoms with Crippen molar-refractivity contribution in [2.24, 2.45) is 0 Å². The van der Waals surface area contributed by atoms with E-state index >= 15 is 0 Å². The highest BCUT2D eigenvalue weighted by Crippen LogP contribution is 2.52. The number of aliphatic hydroxyl groups is 3. The number of rotatable bonds is 7. The van der Waals surface area contributed by atoms with E-state index in [9.17, 15) is 29.6 Å². The van der Waals surface area contributed by atoms with Crippen LogP contribution >= 0.6 is 7.60 Å². The highest BCUT2D eigenvalue weighted by molar-refractivity contribution is 7.53. The molecular weight excluding hydrogens is 393 g/mol. The summed E-state index contributed by atoms with van der Waals surface area (Å²) in [6, 6.07) is 0. The van der Waals surface area contributed by atoms with Crippen molar-refractivity contribution in [2.45, 2.75) is 76.5 Å². The molecule has 3 unspecified atom stereocenters. The molecule has 0 aromatic carbocycles. The van der Waals surface area contributed by atoms with Gasteiger partial charge < -0.3 is 35.2 Å². The van der Waals surface area contributed by atoms with Gasteiger partial charge in [0, 0.05) is 18.2 Å². The maximum absolute atomic E-state index is 12.1. The van der Waals surface area contributed by atoms with Gasteiger partial charge in [0.25, 0.3) is 0 Å². The van der Waals surface area contributed by atoms with Crippen molar-refractivity contribution in [1.29, 1.82) is 0 Å². The lowest BCUT2D eigenvalue weighted by Gasteiger charge is -2.34. The van der Waals surface area contributed by atoms with Gasteiger partial charge in [-0.1, -0.05) is 6.92 Å². The van der Waals surface area contributed by atoms with Crippen molar-refractivity contribution < 1.29 is 34.0 Å². The predicted molar refractivity (Wildman–Crippen MR) is 99.5 cm³/mol. The number of aliphatic hydroxyl groups excluding tert-OH is 3. The maximum Gasteiger partial charge on any atom is 0.356 e. The Morgan fingerprint density at radius 1 is 1.46 bits per heavy atom. The molecule has 2 heterocycles. The Kier molecular flexibility index (Phi) is 6.72. The number of hydrogen-bond donors (Lipinski definition) is 5. The van der Waals surface area contributed by atoms with Crippen LogP contribution in [0.5, 0.6) is 0 Å². The summed E-state index contributed by atoms with van der Waals surface area (Å²) in [5, 5.41) is 30.2. The van der Waals surface area contributed by atoms with Crippen LogP contribution in [0.3, 0.4) is 0 Å². The maximum atomic E-state index is 12.1. The van der Waals surface area contributed by atoms with E-state index in [1.807, 2.05) is 0 Å². The van der Waals surface area contributed by atoms with E-state index in [-0.39, 0.29) is 18.7 Å². The normalized spacial score (nSPS) is 30.6. The van der Waals surface area contributed by atoms with Gasteiger partial charge in [-0.2, -0.15) is 4.98 Å². The third-order valence-corrected chi connectivity index (χ3v) is 6.64. The minimum atomic E-state index is -4.31. The Hall–Kier alpha value is -1.33. The second-order valence-electron chi connectivity index (χ2n) is 7.34. The summed E-state index contributed by atoms with van der Waals surface area (Å²) >= 11 is 0. The molecule has 2 rings (SSSR count). The quantitative estimate of drug-likeness (QED) is 0.372. The molecule has 1 aromatic heterocycles. The number of aromatic nitrogens is 2. The van der Waals surface area contributed by atoms with Crippen molar-refractivity contribution in [2.75, 3.05) is 5.73 Å². The van der Waals surface area contributed by atoms with Gasteiger partial charge in [0.1, 0.15) is 18.0 Å². The molecule has 160 valence electrons. The molecular formula is C16H28N3O8P. The molecule has 1 aliphatic rings. The minimum absolute atomic E-state index is 0.0506. The van der Waals surface area contributed by atoms with E-state index in [1.165, 1.54) is 13.1 Å². The van der Waals surface area contributed by atoms with E-state index in [2.05, 4.69) is 4.98 Å². The first kappa shape index (κ1) is 23.0. The predicted octanol–water partition coefficient (Wildman–Crippen LogP) is -0.148. The molecule has 28 heavy (non-hydrogen) atoms. The molecule has 1 aliphatic heterocycles. The summed E-state index contributed by atoms with van der Waals surface area (Å²) in [6.07, 6.45) is -3.45. The number of aryl methyl sites for hydroxylation is 1. The second kappa shape index (κ2) is 8.19. The van der Waals surface area contributed by atoms with Crippen molar-refractivity contribution in [3.63, 3.8) is 0 Å². The molecule has 0 amide bonds. The molecule has 0 radical (unpaired) electrons. The van der Waals surface area contributed by atoms with Crippen molar-refractivity contribution in [3.05, 3.63) is 22.2 Å². The van der Waals surface area contributed by atoms with Crippen molar-refractivity contribution in [3.8, 4) is 0 Å². The van der Waals surface area contributed by atoms with Gasteiger partial charge >= 0.3 is 13.3 Å². The van der Waals surface area contributed by atoms with Crippen LogP contribution in [0.1, 0.15) is 45.4 Å². The number of nitrogen functional groups attached to an aromatic ring is 1. The van der Waals surface area contributed by atoms with Crippen molar-refractivity contribution >= 4 is 13.4 Å². The third kappa shape index (κ3) is 4.62. The zero-order valence-electron chi connectivity index (χ0n) is 16.2. The lowest BCUT2D eigenvalue weighted by Crippen LogP contribution is -2.39. The fourth-order valence-corrected chi connectivity index (χ4v) is 3.94. The Labute approximate surface area is 162 Å². The topological polar surface area (TPSA) is 177 Å². The van der Waals surface area contributed by atoms with Crippen LogP contribution in [0.15, 0.2) is 11.0 Å². The minimum Gasteiger partial charge on any atom is -0.388 e. The number of anilines is 1. The lowest BCUT2D eigenvalue weighted by atomic mass is 9.93. The average molecular weight is 421 g/mol. The molecule has 1 saturated heterocycles. The van der Waals surface area contributed by atoms with E-state index in [0.29, 0.717) is 5.56 Å². The summed E-state index contributed by atoms with van der Waals surface area (Å²) < 4.78 is 24.1. The Morgan fingerprint density at radius 2 is 2.07 bits per heavy atom. The fraction of sp³-hybridized carbons (Fsp3) is 0.750. The van der Waals surface area contributed by atoms with Crippen LogP contribution in [0.25, 0.3) is 0 Å². The first-order chi connectivity index (χ1) is 12.8. The molecule has 7 atom stereocenters. The fourth-order valence-electron chi connectivity index (χ4n) is 2.95. The van der Waals surface area contributed by atoms with Gasteiger partial charge in [-0.3, -0.25) is 9.13 Å². The van der Waals surface area contributed by atoms with Crippen LogP contribution in [0.2, 0.25) is 0 Å². The molecule has 0 spiro atoms. The van der Waals surface area contributed by atoms with Crippen LogP contribution in [-0.4, -0.2) is 59.5 Å². The molecule has 1 aromatic rings. The summed E-state index contributed by atoms with van der Waals surface area (Å²) in [4.78, 5) is 25.6. The Morgan fingerprint density at radius 3 is 2.61 bits per heavy atom. The van der Waals surface area contributed by atoms with Crippen LogP contribution in [0, 0.1) is 6.92 Å². The smallest absolute Gasteiger partial charge is 0.356 e. The van der Waals surface area contributed by atoms with Crippen LogP contribution in [0.4, 0.5) is 5.82 Å². The van der Waals surface area contributed by atoms with Crippen LogP contribution < -0.4 is 11.4 Å². The van der Waals surface area contributed by atoms with Gasteiger partial charge in [-0.05, 0) is 27.2 Å². The van der Waals surface area contributed by atoms with E-state index in [0.717, 1.165) is 11.5 Å². The summed E-state index contributed by atoms with van der Waals surface area (Å²) in [5.74, 6) is -1.54. The summed E-state index contributed by atoms with van der Waals surface area (Å²) in [6.45, 7) is 6.01. The Balaban J connectivity index is 2.25. The highest BCUT2D eigenvalue weighted by atomic mass is 31.2. The molecule has 6 N–H and O–H groups in total. The SMILES string of the molecule is CCC(C)(C[C@H]1O[C@@H](n2cc(C)c(N)nc2=O)[C@H](O)[C@@H]1O)OP(=O)(O)C(C)O. The average Bonchev–Trinajstić information content (AvgIpc) is 2.85. The summed E-state index contributed by atoms with van der Waals surface area (Å²) in [5.41, 5.74) is 4.11. The largest absolute Gasteiger partial charge is 0.388 e. The van der Waals surface area contributed by atoms with E-state index in [4.69, 9.17) is 15.0 Å². The first-order valence-corrected chi connectivity index (χ1v) is 10.5. The van der Waals surface area contributed by atoms with Crippen LogP contribution in [-0.2, 0) is 13.8 Å². The van der Waals surface area contributed by atoms with Gasteiger partial charge in [0.2, 0.25) is 0 Å². The van der Waals surface area contributed by atoms with Gasteiger partial charge in [0.05, 0.1) is 11.7 Å². The van der Waals surface area contributed by atoms with E-state index in [1.54, 1.807) is 13.8 Å². The number of hydrogen-bond acceptors (Lipinski definition) is 9. The molecule has 12 heteroatoms. The van der Waals surface area contributed by atoms with Gasteiger partial charge in [-0.15, -0.1) is 0 Å². The van der Waals surface area contributed by atoms with Gasteiger partial charge in [0.15, 0.2) is 12.1 Å². The number of ether oxygens (including phenoxy) is 1. The monoisotopic (exact) mass is 421 g/mol. The third-order valence-electron chi connectivity index (χ3n) is 4.99.